The van der Waals surface area contributed by atoms with E-state index in [1.807, 2.05) is 37.3 Å². The second-order valence-corrected chi connectivity index (χ2v) is 5.91. The van der Waals surface area contributed by atoms with Crippen molar-refractivity contribution in [1.82, 2.24) is 9.97 Å². The molecule has 6 nitrogen and oxygen atoms in total. The van der Waals surface area contributed by atoms with Gasteiger partial charge in [-0.15, -0.1) is 0 Å². The second kappa shape index (κ2) is 7.65. The van der Waals surface area contributed by atoms with Crippen molar-refractivity contribution >= 4 is 40.2 Å². The molecule has 3 rings (SSSR count). The van der Waals surface area contributed by atoms with Crippen molar-refractivity contribution in [3.05, 3.63) is 59.9 Å². The van der Waals surface area contributed by atoms with Crippen LogP contribution in [0.25, 0.3) is 22.7 Å². The first-order valence-electron chi connectivity index (χ1n) is 8.43. The quantitative estimate of drug-likeness (QED) is 0.596. The molecule has 0 radical (unpaired) electrons. The van der Waals surface area contributed by atoms with E-state index in [9.17, 15) is 9.59 Å². The van der Waals surface area contributed by atoms with Crippen LogP contribution in [0.3, 0.4) is 0 Å². The predicted molar refractivity (Wildman–Crippen MR) is 103 cm³/mol. The van der Waals surface area contributed by atoms with Crippen LogP contribution in [0.5, 0.6) is 0 Å². The van der Waals surface area contributed by atoms with E-state index in [1.165, 1.54) is 0 Å². The third kappa shape index (κ3) is 3.64. The van der Waals surface area contributed by atoms with Gasteiger partial charge in [-0.05, 0) is 24.1 Å². The predicted octanol–water partition coefficient (Wildman–Crippen LogP) is 3.33. The van der Waals surface area contributed by atoms with Gasteiger partial charge in [-0.25, -0.2) is 4.98 Å². The summed E-state index contributed by atoms with van der Waals surface area (Å²) < 4.78 is 0. The fraction of sp³-hybridized carbons (Fsp3) is 0.150. The number of hydrogen-bond acceptors (Lipinski definition) is 3. The summed E-state index contributed by atoms with van der Waals surface area (Å²) >= 11 is 0. The van der Waals surface area contributed by atoms with Crippen LogP contribution in [0, 0.1) is 0 Å². The number of aromatic amines is 1. The summed E-state index contributed by atoms with van der Waals surface area (Å²) in [6, 6.07) is 11.0. The number of pyridine rings is 1. The molecule has 0 spiro atoms. The zero-order valence-corrected chi connectivity index (χ0v) is 14.5. The molecule has 6 heteroatoms. The number of anilines is 1. The van der Waals surface area contributed by atoms with Gasteiger partial charge in [-0.2, -0.15) is 0 Å². The molecule has 0 saturated carbocycles. The van der Waals surface area contributed by atoms with Crippen LogP contribution < -0.4 is 11.1 Å². The number of nitrogens with one attached hydrogen (secondary N) is 2. The lowest BCUT2D eigenvalue weighted by atomic mass is 10.0. The lowest BCUT2D eigenvalue weighted by molar-refractivity contribution is -0.116. The highest BCUT2D eigenvalue weighted by atomic mass is 16.1. The van der Waals surface area contributed by atoms with Gasteiger partial charge in [0.25, 0.3) is 0 Å². The van der Waals surface area contributed by atoms with Gasteiger partial charge in [-0.1, -0.05) is 37.3 Å². The lowest BCUT2D eigenvalue weighted by Crippen LogP contribution is -2.13. The molecule has 0 fully saturated rings. The summed E-state index contributed by atoms with van der Waals surface area (Å²) in [5, 5.41) is 3.65. The molecule has 132 valence electrons. The average molecular weight is 348 g/mol. The van der Waals surface area contributed by atoms with Crippen LogP contribution in [0.4, 0.5) is 5.69 Å². The first kappa shape index (κ1) is 17.4. The van der Waals surface area contributed by atoms with Gasteiger partial charge in [0.15, 0.2) is 0 Å². The number of fused-ring (bicyclic) bond motifs is 1. The van der Waals surface area contributed by atoms with E-state index in [0.29, 0.717) is 23.3 Å². The summed E-state index contributed by atoms with van der Waals surface area (Å²) in [5.41, 5.74) is 8.72. The molecule has 0 aliphatic rings. The Hall–Kier alpha value is -3.41. The highest BCUT2D eigenvalue weighted by molar-refractivity contribution is 6.24. The third-order valence-corrected chi connectivity index (χ3v) is 4.01. The van der Waals surface area contributed by atoms with Gasteiger partial charge in [0.1, 0.15) is 5.65 Å². The van der Waals surface area contributed by atoms with Gasteiger partial charge in [0.2, 0.25) is 11.8 Å². The maximum atomic E-state index is 12.0. The van der Waals surface area contributed by atoms with E-state index in [1.54, 1.807) is 24.5 Å². The van der Waals surface area contributed by atoms with E-state index in [4.69, 9.17) is 5.73 Å². The number of primary amides is 1. The Morgan fingerprint density at radius 3 is 2.69 bits per heavy atom. The standard InChI is InChI=1S/C20H20N4O2/c1-2-6-17(25)24-16-9-10-22-20-18(16)14(12-23-20)11-15(19(21)26)13-7-4-3-5-8-13/h3-5,7-12H,2,6H2,1H3,(H2,21,26)(H2,22,23,24,25). The largest absolute Gasteiger partial charge is 0.366 e. The summed E-state index contributed by atoms with van der Waals surface area (Å²) in [6.07, 6.45) is 6.29. The number of carbonyl (C=O) groups excluding carboxylic acids is 2. The minimum atomic E-state index is -0.522. The molecule has 2 aromatic heterocycles. The van der Waals surface area contributed by atoms with Gasteiger partial charge in [0, 0.05) is 35.3 Å². The zero-order valence-electron chi connectivity index (χ0n) is 14.5. The van der Waals surface area contributed by atoms with Crippen LogP contribution >= 0.6 is 0 Å². The number of nitrogens with zero attached hydrogens (tertiary/aromatic N) is 1. The Labute approximate surface area is 151 Å². The Morgan fingerprint density at radius 2 is 2.00 bits per heavy atom. The maximum absolute atomic E-state index is 12.0. The van der Waals surface area contributed by atoms with E-state index in [0.717, 1.165) is 22.9 Å². The van der Waals surface area contributed by atoms with Crippen molar-refractivity contribution < 1.29 is 9.59 Å². The minimum Gasteiger partial charge on any atom is -0.366 e. The monoisotopic (exact) mass is 348 g/mol. The van der Waals surface area contributed by atoms with E-state index >= 15 is 0 Å². The fourth-order valence-electron chi connectivity index (χ4n) is 2.81. The van der Waals surface area contributed by atoms with E-state index < -0.39 is 5.91 Å². The van der Waals surface area contributed by atoms with Crippen LogP contribution in [0.2, 0.25) is 0 Å². The number of H-pyrrole nitrogens is 1. The lowest BCUT2D eigenvalue weighted by Gasteiger charge is -2.07. The van der Waals surface area contributed by atoms with Crippen LogP contribution in [0.15, 0.2) is 48.8 Å². The van der Waals surface area contributed by atoms with Gasteiger partial charge < -0.3 is 16.0 Å². The molecule has 2 amide bonds. The number of benzene rings is 1. The molecule has 2 heterocycles. The SMILES string of the molecule is CCCC(=O)Nc1ccnc2[nH]cc(C=C(C(N)=O)c3ccccc3)c12. The van der Waals surface area contributed by atoms with Gasteiger partial charge in [0.05, 0.1) is 5.69 Å². The van der Waals surface area contributed by atoms with E-state index in [2.05, 4.69) is 15.3 Å². The van der Waals surface area contributed by atoms with Crippen molar-refractivity contribution in [3.63, 3.8) is 0 Å². The molecule has 0 unspecified atom stereocenters. The first-order chi connectivity index (χ1) is 12.6. The molecule has 0 bridgehead atoms. The van der Waals surface area contributed by atoms with E-state index in [-0.39, 0.29) is 5.91 Å². The zero-order chi connectivity index (χ0) is 18.5. The highest BCUT2D eigenvalue weighted by Gasteiger charge is 2.14. The molecule has 1 aromatic carbocycles. The average Bonchev–Trinajstić information content (AvgIpc) is 3.04. The van der Waals surface area contributed by atoms with Crippen molar-refractivity contribution in [1.29, 1.82) is 0 Å². The number of nitrogens with two attached hydrogens (primary N) is 1. The molecular formula is C20H20N4O2. The molecule has 0 aliphatic carbocycles. The summed E-state index contributed by atoms with van der Waals surface area (Å²) in [5.74, 6) is -0.583. The number of amides is 2. The second-order valence-electron chi connectivity index (χ2n) is 5.91. The molecule has 3 aromatic rings. The topological polar surface area (TPSA) is 101 Å². The third-order valence-electron chi connectivity index (χ3n) is 4.01. The summed E-state index contributed by atoms with van der Waals surface area (Å²) in [6.45, 7) is 1.95. The smallest absolute Gasteiger partial charge is 0.249 e. The number of aromatic nitrogens is 2. The molecule has 4 N–H and O–H groups in total. The Bertz CT molecular complexity index is 974. The Balaban J connectivity index is 2.10. The molecule has 0 saturated heterocycles. The summed E-state index contributed by atoms with van der Waals surface area (Å²) in [7, 11) is 0. The maximum Gasteiger partial charge on any atom is 0.249 e. The normalized spacial score (nSPS) is 11.5. The number of rotatable bonds is 6. The van der Waals surface area contributed by atoms with Gasteiger partial charge in [-0.3, -0.25) is 9.59 Å². The fourth-order valence-corrected chi connectivity index (χ4v) is 2.81. The number of carbonyl (C=O) groups is 2. The molecule has 0 atom stereocenters. The van der Waals surface area contributed by atoms with Crippen molar-refractivity contribution in [2.75, 3.05) is 5.32 Å². The van der Waals surface area contributed by atoms with Crippen LogP contribution in [-0.2, 0) is 9.59 Å². The van der Waals surface area contributed by atoms with Crippen molar-refractivity contribution in [2.45, 2.75) is 19.8 Å². The van der Waals surface area contributed by atoms with Crippen molar-refractivity contribution in [3.8, 4) is 0 Å². The minimum absolute atomic E-state index is 0.0608. The molecule has 26 heavy (non-hydrogen) atoms. The highest BCUT2D eigenvalue weighted by Crippen LogP contribution is 2.29. The molecule has 0 aliphatic heterocycles. The van der Waals surface area contributed by atoms with Crippen LogP contribution in [0.1, 0.15) is 30.9 Å². The molecular weight excluding hydrogens is 328 g/mol. The Kier molecular flexibility index (Phi) is 5.12. The summed E-state index contributed by atoms with van der Waals surface area (Å²) in [4.78, 5) is 31.3. The first-order valence-corrected chi connectivity index (χ1v) is 8.43. The number of hydrogen-bond donors (Lipinski definition) is 3. The van der Waals surface area contributed by atoms with Crippen molar-refractivity contribution in [2.24, 2.45) is 5.73 Å². The van der Waals surface area contributed by atoms with Gasteiger partial charge >= 0.3 is 0 Å². The Morgan fingerprint density at radius 1 is 1.23 bits per heavy atom. The van der Waals surface area contributed by atoms with Crippen LogP contribution in [-0.4, -0.2) is 21.8 Å².